The summed E-state index contributed by atoms with van der Waals surface area (Å²) in [5, 5.41) is 11.3. The van der Waals surface area contributed by atoms with Crippen LogP contribution in [0.15, 0.2) is 32.3 Å². The molecule has 0 radical (unpaired) electrons. The number of allylic oxidation sites excluding steroid dienone is 1. The Morgan fingerprint density at radius 2 is 1.95 bits per heavy atom. The molecule has 37 heavy (non-hydrogen) atoms. The first-order valence-electron chi connectivity index (χ1n) is 13.4. The van der Waals surface area contributed by atoms with E-state index in [4.69, 9.17) is 13.6 Å². The molecule has 0 spiro atoms. The predicted octanol–water partition coefficient (Wildman–Crippen LogP) is 7.49. The number of aliphatic hydroxyl groups is 1. The van der Waals surface area contributed by atoms with Crippen LogP contribution in [0.25, 0.3) is 0 Å². The Bertz CT molecular complexity index is 985. The maximum atomic E-state index is 12.6. The van der Waals surface area contributed by atoms with Gasteiger partial charge in [0.15, 0.2) is 0 Å². The average Bonchev–Trinajstić information content (AvgIpc) is 3.33. The Morgan fingerprint density at radius 1 is 1.32 bits per heavy atom. The summed E-state index contributed by atoms with van der Waals surface area (Å²) < 4.78 is 21.8. The van der Waals surface area contributed by atoms with E-state index in [-0.39, 0.29) is 23.0 Å². The second-order valence-electron chi connectivity index (χ2n) is 13.5. The molecule has 1 aromatic rings. The van der Waals surface area contributed by atoms with Gasteiger partial charge >= 0.3 is 212 Å². The first kappa shape index (κ1) is 33.1. The minimum absolute atomic E-state index is 0.00128. The number of furan rings is 1. The monoisotopic (exact) mass is 752 g/mol. The Labute approximate surface area is 244 Å². The van der Waals surface area contributed by atoms with Crippen molar-refractivity contribution in [3.8, 4) is 0 Å². The molecule has 5 nitrogen and oxygen atoms in total. The zero-order valence-electron chi connectivity index (χ0n) is 24.7. The maximum absolute atomic E-state index is 12.6. The Morgan fingerprint density at radius 3 is 2.46 bits per heavy atom. The van der Waals surface area contributed by atoms with E-state index in [2.05, 4.69) is 83.9 Å². The molecule has 2 rings (SSSR count). The molecule has 1 N–H and O–H groups in total. The Hall–Kier alpha value is -0.104. The van der Waals surface area contributed by atoms with Gasteiger partial charge in [-0.1, -0.05) is 22.6 Å². The van der Waals surface area contributed by atoms with Gasteiger partial charge in [-0.25, -0.2) is 0 Å². The third-order valence-electron chi connectivity index (χ3n) is 7.99. The van der Waals surface area contributed by atoms with Gasteiger partial charge in [-0.15, -0.1) is 0 Å². The molecule has 0 saturated carbocycles. The molecule has 210 valence electrons. The number of rotatable bonds is 12. The summed E-state index contributed by atoms with van der Waals surface area (Å²) >= 11 is -0.251. The fourth-order valence-electron chi connectivity index (χ4n) is 4.27. The van der Waals surface area contributed by atoms with Crippen molar-refractivity contribution in [2.24, 2.45) is 11.8 Å². The van der Waals surface area contributed by atoms with Crippen molar-refractivity contribution in [1.82, 2.24) is 0 Å². The SMILES string of the molecule is C=C(C)[C@H](Cc1o[c]([Sn]([CH3])([CH3])[CH3])cc1CO[Si](C)(C)C(C)(C)C)CC(O)C1C[C@H](C/C(C)=C/I)OC1=O. The Kier molecular flexibility index (Phi) is 11.7. The molecule has 2 heterocycles. The van der Waals surface area contributed by atoms with Gasteiger partial charge in [0.2, 0.25) is 0 Å². The molecule has 0 bridgehead atoms. The number of halogens is 1. The Balaban J connectivity index is 2.22. The minimum atomic E-state index is -2.46. The van der Waals surface area contributed by atoms with Gasteiger partial charge in [-0.3, -0.25) is 0 Å². The summed E-state index contributed by atoms with van der Waals surface area (Å²) in [7, 11) is -1.92. The van der Waals surface area contributed by atoms with E-state index < -0.39 is 38.7 Å². The van der Waals surface area contributed by atoms with Crippen molar-refractivity contribution < 1.29 is 23.5 Å². The first-order chi connectivity index (χ1) is 16.9. The van der Waals surface area contributed by atoms with Gasteiger partial charge in [0, 0.05) is 0 Å². The second kappa shape index (κ2) is 13.0. The van der Waals surface area contributed by atoms with Gasteiger partial charge in [0.1, 0.15) is 0 Å². The first-order valence-corrected chi connectivity index (χ1v) is 27.6. The van der Waals surface area contributed by atoms with E-state index in [1.807, 2.05) is 17.9 Å². The van der Waals surface area contributed by atoms with Crippen molar-refractivity contribution in [3.63, 3.8) is 0 Å². The molecular weight excluding hydrogens is 702 g/mol. The summed E-state index contributed by atoms with van der Waals surface area (Å²) in [6.07, 6.45) is 1.44. The third-order valence-corrected chi connectivity index (χ3v) is 18.5. The second-order valence-corrected chi connectivity index (χ2v) is 33.2. The average molecular weight is 751 g/mol. The van der Waals surface area contributed by atoms with Crippen LogP contribution in [-0.2, 0) is 27.0 Å². The van der Waals surface area contributed by atoms with Gasteiger partial charge in [0.05, 0.1) is 0 Å². The molecule has 2 unspecified atom stereocenters. The third kappa shape index (κ3) is 9.22. The summed E-state index contributed by atoms with van der Waals surface area (Å²) in [6, 6.07) is 2.23. The molecule has 0 amide bonds. The van der Waals surface area contributed by atoms with Crippen molar-refractivity contribution in [2.75, 3.05) is 0 Å². The van der Waals surface area contributed by atoms with Crippen LogP contribution < -0.4 is 3.78 Å². The standard InChI is InChI=1S/C26H40IO5Si.3CH3.Sn/c1-17(2)20(12-23(28)22-14-21(32-25(22)29)11-18(3)15-27)13-24-19(9-10-30-24)16-31-33(7,8)26(4,5)6;;;;/h9,15,20-23,28H,1,11-14,16H2,2-8H3;3*1H3;/b18-15+;;;;/t20-,21-,22?,23?;;;;/m0..../s1. The van der Waals surface area contributed by atoms with Crippen LogP contribution in [0.4, 0.5) is 0 Å². The van der Waals surface area contributed by atoms with Gasteiger partial charge in [-0.05, 0) is 11.0 Å². The van der Waals surface area contributed by atoms with Crippen molar-refractivity contribution >= 4 is 59.0 Å². The molecule has 1 saturated heterocycles. The molecule has 1 aliphatic heterocycles. The van der Waals surface area contributed by atoms with E-state index in [0.717, 1.165) is 20.7 Å². The normalized spacial score (nSPS) is 21.2. The summed E-state index contributed by atoms with van der Waals surface area (Å²) in [6.45, 7) is 20.1. The quantitative estimate of drug-likeness (QED) is 0.104. The number of cyclic esters (lactones) is 1. The van der Waals surface area contributed by atoms with E-state index in [1.165, 1.54) is 5.57 Å². The molecule has 8 heteroatoms. The van der Waals surface area contributed by atoms with Crippen LogP contribution in [0.1, 0.15) is 65.2 Å². The number of hydrogen-bond donors (Lipinski definition) is 1. The zero-order chi connectivity index (χ0) is 28.3. The van der Waals surface area contributed by atoms with E-state index in [9.17, 15) is 9.90 Å². The van der Waals surface area contributed by atoms with E-state index in [0.29, 0.717) is 32.3 Å². The van der Waals surface area contributed by atoms with Crippen molar-refractivity contribution in [1.29, 1.82) is 0 Å². The van der Waals surface area contributed by atoms with Gasteiger partial charge in [0.25, 0.3) is 0 Å². The van der Waals surface area contributed by atoms with E-state index in [1.54, 1.807) is 0 Å². The van der Waals surface area contributed by atoms with Crippen molar-refractivity contribution in [2.45, 2.75) is 112 Å². The summed E-state index contributed by atoms with van der Waals surface area (Å²) in [5.41, 5.74) is 3.28. The van der Waals surface area contributed by atoms with Gasteiger partial charge < -0.3 is 0 Å². The molecule has 1 fully saturated rings. The molecule has 1 aliphatic rings. The van der Waals surface area contributed by atoms with Gasteiger partial charge in [-0.2, -0.15) is 0 Å². The topological polar surface area (TPSA) is 68.9 Å². The number of hydrogen-bond acceptors (Lipinski definition) is 5. The van der Waals surface area contributed by atoms with Crippen LogP contribution >= 0.6 is 22.6 Å². The van der Waals surface area contributed by atoms with E-state index >= 15 is 0 Å². The van der Waals surface area contributed by atoms with Crippen LogP contribution in [0.2, 0.25) is 33.0 Å². The predicted molar refractivity (Wildman–Crippen MR) is 167 cm³/mol. The fourth-order valence-corrected chi connectivity index (χ4v) is 8.43. The molecule has 4 atom stereocenters. The summed E-state index contributed by atoms with van der Waals surface area (Å²) in [5.74, 6) is 0.159. The number of carbonyl (C=O) groups is 1. The molecule has 1 aromatic heterocycles. The molecular formula is C29H49IO5SiSn. The zero-order valence-corrected chi connectivity index (χ0v) is 30.7. The van der Waals surface area contributed by atoms with Crippen LogP contribution in [0, 0.1) is 11.8 Å². The van der Waals surface area contributed by atoms with Crippen LogP contribution in [-0.4, -0.2) is 50.0 Å². The van der Waals surface area contributed by atoms with Crippen molar-refractivity contribution in [3.05, 3.63) is 39.2 Å². The molecule has 0 aromatic carbocycles. The van der Waals surface area contributed by atoms with Crippen LogP contribution in [0.3, 0.4) is 0 Å². The summed E-state index contributed by atoms with van der Waals surface area (Å²) in [4.78, 5) is 19.6. The van der Waals surface area contributed by atoms with Crippen LogP contribution in [0.5, 0.6) is 0 Å². The number of ether oxygens (including phenoxy) is 1. The molecule has 0 aliphatic carbocycles. The number of aliphatic hydroxyl groups excluding tert-OH is 1. The number of esters is 1. The number of carbonyl (C=O) groups excluding carboxylic acids is 1. The fraction of sp³-hybridized carbons (Fsp3) is 0.690.